The predicted molar refractivity (Wildman–Crippen MR) is 108 cm³/mol. The van der Waals surface area contributed by atoms with Gasteiger partial charge in [0.15, 0.2) is 11.5 Å². The van der Waals surface area contributed by atoms with Crippen molar-refractivity contribution in [3.63, 3.8) is 0 Å². The summed E-state index contributed by atoms with van der Waals surface area (Å²) >= 11 is 0. The number of fused-ring (bicyclic) bond motifs is 2. The highest BCUT2D eigenvalue weighted by molar-refractivity contribution is 6.01. The maximum atomic E-state index is 12.3. The number of amides is 2. The Morgan fingerprint density at radius 3 is 1.53 bits per heavy atom. The van der Waals surface area contributed by atoms with E-state index in [-0.39, 0.29) is 36.2 Å². The number of hydrogen-bond donors (Lipinski definition) is 2. The molecule has 8 nitrogen and oxygen atoms in total. The summed E-state index contributed by atoms with van der Waals surface area (Å²) < 4.78 is 11.0. The van der Waals surface area contributed by atoms with Crippen LogP contribution in [0, 0.1) is 0 Å². The van der Waals surface area contributed by atoms with Crippen molar-refractivity contribution in [3.8, 4) is 11.5 Å². The maximum absolute atomic E-state index is 12.3. The van der Waals surface area contributed by atoms with Crippen LogP contribution < -0.4 is 20.1 Å². The smallest absolute Gasteiger partial charge is 0.311 e. The Morgan fingerprint density at radius 1 is 0.767 bits per heavy atom. The molecule has 3 heterocycles. The summed E-state index contributed by atoms with van der Waals surface area (Å²) in [7, 11) is 0. The van der Waals surface area contributed by atoms with Gasteiger partial charge >= 0.3 is 11.9 Å². The molecule has 2 atom stereocenters. The monoisotopic (exact) mass is 416 g/mol. The molecule has 0 aliphatic carbocycles. The third-order valence-electron chi connectivity index (χ3n) is 5.29. The molecule has 0 spiro atoms. The molecule has 2 amide bonds. The zero-order valence-electron chi connectivity index (χ0n) is 17.4. The molecular weight excluding hydrogens is 388 g/mol. The standard InChI is InChI=1S/C22H28N2O6/c1-3-5-7-9-17(25)29-15-11-13-14(20-22(28)23-19(13)21(27)24-20)12-16(15)30-18(26)10-8-6-4-2/h11-12,19-20H,3-10H2,1-2H3,(H,23,28)(H,24,27). The van der Waals surface area contributed by atoms with Crippen LogP contribution in [0.15, 0.2) is 12.1 Å². The third kappa shape index (κ3) is 4.80. The molecule has 1 aromatic carbocycles. The number of ether oxygens (including phenoxy) is 2. The van der Waals surface area contributed by atoms with Crippen LogP contribution in [0.3, 0.4) is 0 Å². The fourth-order valence-electron chi connectivity index (χ4n) is 3.66. The van der Waals surface area contributed by atoms with Crippen LogP contribution in [-0.4, -0.2) is 23.8 Å². The minimum atomic E-state index is -0.857. The van der Waals surface area contributed by atoms with Crippen LogP contribution >= 0.6 is 0 Å². The Morgan fingerprint density at radius 2 is 1.17 bits per heavy atom. The van der Waals surface area contributed by atoms with Gasteiger partial charge in [0, 0.05) is 12.8 Å². The van der Waals surface area contributed by atoms with E-state index in [1.165, 1.54) is 12.1 Å². The second-order valence-electron chi connectivity index (χ2n) is 7.67. The molecule has 1 fully saturated rings. The number of unbranched alkanes of at least 4 members (excludes halogenated alkanes) is 4. The van der Waals surface area contributed by atoms with Crippen molar-refractivity contribution < 1.29 is 28.7 Å². The van der Waals surface area contributed by atoms with E-state index in [2.05, 4.69) is 10.6 Å². The van der Waals surface area contributed by atoms with Crippen molar-refractivity contribution >= 4 is 23.8 Å². The molecule has 4 rings (SSSR count). The largest absolute Gasteiger partial charge is 0.423 e. The number of benzene rings is 1. The van der Waals surface area contributed by atoms with Crippen molar-refractivity contribution in [3.05, 3.63) is 23.3 Å². The van der Waals surface area contributed by atoms with Gasteiger partial charge in [-0.3, -0.25) is 19.2 Å². The Bertz CT molecular complexity index is 781. The van der Waals surface area contributed by atoms with Crippen LogP contribution in [-0.2, 0) is 19.2 Å². The molecule has 162 valence electrons. The van der Waals surface area contributed by atoms with E-state index in [1.807, 2.05) is 13.8 Å². The first kappa shape index (κ1) is 21.8. The van der Waals surface area contributed by atoms with Crippen molar-refractivity contribution in [1.29, 1.82) is 0 Å². The van der Waals surface area contributed by atoms with Gasteiger partial charge in [-0.15, -0.1) is 0 Å². The molecule has 3 aliphatic rings. The Balaban J connectivity index is 1.87. The highest BCUT2D eigenvalue weighted by Gasteiger charge is 2.44. The van der Waals surface area contributed by atoms with Gasteiger partial charge in [-0.05, 0) is 36.1 Å². The number of carbonyl (C=O) groups is 4. The first-order chi connectivity index (χ1) is 14.4. The first-order valence-electron chi connectivity index (χ1n) is 10.6. The number of hydrogen-bond acceptors (Lipinski definition) is 6. The lowest BCUT2D eigenvalue weighted by molar-refractivity contribution is -0.138. The number of piperazine rings is 1. The molecule has 8 heteroatoms. The topological polar surface area (TPSA) is 111 Å². The van der Waals surface area contributed by atoms with Crippen molar-refractivity contribution in [2.45, 2.75) is 77.3 Å². The van der Waals surface area contributed by atoms with Crippen molar-refractivity contribution in [2.75, 3.05) is 0 Å². The van der Waals surface area contributed by atoms with Crippen molar-refractivity contribution in [1.82, 2.24) is 10.6 Å². The van der Waals surface area contributed by atoms with Crippen LogP contribution in [0.2, 0.25) is 0 Å². The highest BCUT2D eigenvalue weighted by Crippen LogP contribution is 2.42. The zero-order chi connectivity index (χ0) is 21.7. The summed E-state index contributed by atoms with van der Waals surface area (Å²) in [6.45, 7) is 4.08. The van der Waals surface area contributed by atoms with E-state index >= 15 is 0 Å². The minimum absolute atomic E-state index is 0.0914. The lowest BCUT2D eigenvalue weighted by atomic mass is 9.85. The molecule has 1 saturated heterocycles. The van der Waals surface area contributed by atoms with E-state index in [0.717, 1.165) is 25.7 Å². The summed E-state index contributed by atoms with van der Waals surface area (Å²) in [5.41, 5.74) is 1.09. The third-order valence-corrected chi connectivity index (χ3v) is 5.29. The lowest BCUT2D eigenvalue weighted by Crippen LogP contribution is -2.57. The van der Waals surface area contributed by atoms with Gasteiger partial charge in [-0.25, -0.2) is 0 Å². The lowest BCUT2D eigenvalue weighted by Gasteiger charge is -2.38. The van der Waals surface area contributed by atoms with Gasteiger partial charge in [0.2, 0.25) is 11.8 Å². The van der Waals surface area contributed by atoms with Gasteiger partial charge in [0.25, 0.3) is 0 Å². The molecule has 2 bridgehead atoms. The van der Waals surface area contributed by atoms with Gasteiger partial charge < -0.3 is 20.1 Å². The maximum Gasteiger partial charge on any atom is 0.311 e. The van der Waals surface area contributed by atoms with Crippen LogP contribution in [0.5, 0.6) is 11.5 Å². The SMILES string of the molecule is CCCCCC(=O)Oc1cc2c(cc1OC(=O)CCCCC)C1NC(=O)C2NC1=O. The normalized spacial score (nSPS) is 19.0. The summed E-state index contributed by atoms with van der Waals surface area (Å²) in [6, 6.07) is 1.34. The van der Waals surface area contributed by atoms with Gasteiger partial charge in [0.1, 0.15) is 12.1 Å². The Hall–Kier alpha value is -2.90. The number of carbonyl (C=O) groups excluding carboxylic acids is 4. The molecule has 30 heavy (non-hydrogen) atoms. The van der Waals surface area contributed by atoms with Crippen LogP contribution in [0.4, 0.5) is 0 Å². The Labute approximate surface area is 175 Å². The van der Waals surface area contributed by atoms with E-state index in [0.29, 0.717) is 24.0 Å². The highest BCUT2D eigenvalue weighted by atomic mass is 16.6. The van der Waals surface area contributed by atoms with Gasteiger partial charge in [0.05, 0.1) is 0 Å². The van der Waals surface area contributed by atoms with Gasteiger partial charge in [-0.2, -0.15) is 0 Å². The van der Waals surface area contributed by atoms with Crippen LogP contribution in [0.1, 0.15) is 88.4 Å². The summed E-state index contributed by atoms with van der Waals surface area (Å²) in [6.07, 6.45) is 5.68. The fraction of sp³-hybridized carbons (Fsp3) is 0.545. The quantitative estimate of drug-likeness (QED) is 0.345. The number of rotatable bonds is 10. The number of nitrogens with one attached hydrogen (secondary N) is 2. The second-order valence-corrected chi connectivity index (χ2v) is 7.67. The molecule has 3 aliphatic heterocycles. The molecule has 0 radical (unpaired) electrons. The second kappa shape index (κ2) is 9.73. The fourth-order valence-corrected chi connectivity index (χ4v) is 3.66. The molecule has 2 N–H and O–H groups in total. The average Bonchev–Trinajstić information content (AvgIpc) is 2.70. The average molecular weight is 416 g/mol. The van der Waals surface area contributed by atoms with E-state index in [1.54, 1.807) is 0 Å². The summed E-state index contributed by atoms with van der Waals surface area (Å²) in [5, 5.41) is 5.28. The van der Waals surface area contributed by atoms with E-state index in [4.69, 9.17) is 9.47 Å². The van der Waals surface area contributed by atoms with E-state index in [9.17, 15) is 19.2 Å². The summed E-state index contributed by atoms with van der Waals surface area (Å²) in [4.78, 5) is 48.9. The van der Waals surface area contributed by atoms with E-state index < -0.39 is 24.0 Å². The molecule has 2 unspecified atom stereocenters. The number of esters is 2. The molecule has 0 aromatic heterocycles. The van der Waals surface area contributed by atoms with Crippen molar-refractivity contribution in [2.24, 2.45) is 0 Å². The molecule has 0 saturated carbocycles. The van der Waals surface area contributed by atoms with Gasteiger partial charge in [-0.1, -0.05) is 39.5 Å². The molecule has 1 aromatic rings. The zero-order valence-corrected chi connectivity index (χ0v) is 17.4. The summed E-state index contributed by atoms with van der Waals surface area (Å²) in [5.74, 6) is -1.32. The first-order valence-corrected chi connectivity index (χ1v) is 10.6. The minimum Gasteiger partial charge on any atom is -0.423 e. The Kier molecular flexibility index (Phi) is 7.07. The van der Waals surface area contributed by atoms with Crippen LogP contribution in [0.25, 0.3) is 0 Å². The predicted octanol–water partition coefficient (Wildman–Crippen LogP) is 3.00. The molecular formula is C22H28N2O6.